The highest BCUT2D eigenvalue weighted by molar-refractivity contribution is 8.01. The molecule has 0 spiro atoms. The third kappa shape index (κ3) is 2.79. The molecule has 0 fully saturated rings. The molecule has 104 valence electrons. The number of fused-ring (bicyclic) bond motifs is 1. The SMILES string of the molecule is C[C@H](Sc1nnc(N)s1)[C@H](C)c1nc2ccccc2s1. The quantitative estimate of drug-likeness (QED) is 0.735. The molecule has 20 heavy (non-hydrogen) atoms. The molecule has 2 N–H and O–H groups in total. The van der Waals surface area contributed by atoms with Crippen molar-refractivity contribution in [1.82, 2.24) is 15.2 Å². The molecule has 4 nitrogen and oxygen atoms in total. The van der Waals surface area contributed by atoms with Gasteiger partial charge in [-0.1, -0.05) is 49.1 Å². The molecular formula is C13H14N4S3. The minimum atomic E-state index is 0.363. The molecule has 3 aromatic rings. The number of benzene rings is 1. The second kappa shape index (κ2) is 5.67. The van der Waals surface area contributed by atoms with Gasteiger partial charge in [0.1, 0.15) is 0 Å². The Kier molecular flexibility index (Phi) is 3.91. The molecule has 1 aromatic carbocycles. The van der Waals surface area contributed by atoms with E-state index in [1.165, 1.54) is 21.0 Å². The fourth-order valence-electron chi connectivity index (χ4n) is 1.81. The smallest absolute Gasteiger partial charge is 0.203 e. The Morgan fingerprint density at radius 1 is 1.15 bits per heavy atom. The predicted molar refractivity (Wildman–Crippen MR) is 87.7 cm³/mol. The zero-order chi connectivity index (χ0) is 14.1. The van der Waals surface area contributed by atoms with Crippen molar-refractivity contribution in [2.24, 2.45) is 0 Å². The number of nitrogens with zero attached hydrogens (tertiary/aromatic N) is 3. The van der Waals surface area contributed by atoms with Crippen LogP contribution in [-0.4, -0.2) is 20.4 Å². The van der Waals surface area contributed by atoms with Gasteiger partial charge in [-0.05, 0) is 12.1 Å². The van der Waals surface area contributed by atoms with E-state index >= 15 is 0 Å². The summed E-state index contributed by atoms with van der Waals surface area (Å²) in [5.41, 5.74) is 6.69. The molecule has 3 rings (SSSR count). The third-order valence-corrected chi connectivity index (χ3v) is 6.50. The number of nitrogens with two attached hydrogens (primary N) is 1. The van der Waals surface area contributed by atoms with Crippen LogP contribution in [0.4, 0.5) is 5.13 Å². The lowest BCUT2D eigenvalue weighted by Gasteiger charge is -2.15. The molecule has 2 atom stereocenters. The van der Waals surface area contributed by atoms with Crippen LogP contribution < -0.4 is 5.73 Å². The van der Waals surface area contributed by atoms with Crippen LogP contribution in [0.25, 0.3) is 10.2 Å². The zero-order valence-corrected chi connectivity index (χ0v) is 13.6. The van der Waals surface area contributed by atoms with Gasteiger partial charge in [0.05, 0.1) is 15.2 Å². The fraction of sp³-hybridized carbons (Fsp3) is 0.308. The van der Waals surface area contributed by atoms with Gasteiger partial charge in [0.2, 0.25) is 5.13 Å². The largest absolute Gasteiger partial charge is 0.374 e. The van der Waals surface area contributed by atoms with E-state index in [0.717, 1.165) is 9.86 Å². The van der Waals surface area contributed by atoms with Gasteiger partial charge in [0.15, 0.2) is 4.34 Å². The molecule has 0 radical (unpaired) electrons. The maximum Gasteiger partial charge on any atom is 0.203 e. The minimum Gasteiger partial charge on any atom is -0.374 e. The van der Waals surface area contributed by atoms with E-state index in [-0.39, 0.29) is 0 Å². The van der Waals surface area contributed by atoms with Crippen molar-refractivity contribution >= 4 is 49.8 Å². The first-order valence-electron chi connectivity index (χ1n) is 6.24. The number of hydrogen-bond donors (Lipinski definition) is 1. The summed E-state index contributed by atoms with van der Waals surface area (Å²) in [5.74, 6) is 0.363. The average Bonchev–Trinajstić information content (AvgIpc) is 3.03. The Hall–Kier alpha value is -1.18. The van der Waals surface area contributed by atoms with Crippen LogP contribution in [0.15, 0.2) is 28.6 Å². The van der Waals surface area contributed by atoms with Crippen molar-refractivity contribution in [1.29, 1.82) is 0 Å². The molecule has 2 aromatic heterocycles. The van der Waals surface area contributed by atoms with Crippen LogP contribution in [0.5, 0.6) is 0 Å². The van der Waals surface area contributed by atoms with E-state index in [4.69, 9.17) is 10.7 Å². The Labute approximate surface area is 129 Å². The van der Waals surface area contributed by atoms with Crippen molar-refractivity contribution in [2.75, 3.05) is 5.73 Å². The number of hydrogen-bond acceptors (Lipinski definition) is 7. The van der Waals surface area contributed by atoms with Gasteiger partial charge in [-0.3, -0.25) is 0 Å². The van der Waals surface area contributed by atoms with Gasteiger partial charge in [0.25, 0.3) is 0 Å². The van der Waals surface area contributed by atoms with Crippen molar-refractivity contribution < 1.29 is 0 Å². The number of para-hydroxylation sites is 1. The van der Waals surface area contributed by atoms with Crippen LogP contribution in [-0.2, 0) is 0 Å². The second-order valence-corrected chi connectivity index (χ2v) is 8.23. The lowest BCUT2D eigenvalue weighted by Crippen LogP contribution is -2.07. The van der Waals surface area contributed by atoms with Gasteiger partial charge in [-0.25, -0.2) is 4.98 Å². The Morgan fingerprint density at radius 3 is 2.65 bits per heavy atom. The van der Waals surface area contributed by atoms with Crippen molar-refractivity contribution in [2.45, 2.75) is 29.4 Å². The molecular weight excluding hydrogens is 308 g/mol. The van der Waals surface area contributed by atoms with Crippen LogP contribution >= 0.6 is 34.4 Å². The highest BCUT2D eigenvalue weighted by Gasteiger charge is 2.20. The molecule has 0 saturated carbocycles. The van der Waals surface area contributed by atoms with Crippen LogP contribution in [0.1, 0.15) is 24.8 Å². The number of anilines is 1. The first-order valence-corrected chi connectivity index (χ1v) is 8.76. The van der Waals surface area contributed by atoms with E-state index in [1.807, 2.05) is 6.07 Å². The van der Waals surface area contributed by atoms with Crippen LogP contribution in [0.3, 0.4) is 0 Å². The maximum atomic E-state index is 5.61. The molecule has 0 saturated heterocycles. The number of thiazole rings is 1. The standard InChI is InChI=1S/C13H14N4S3/c1-7(8(2)18-13-17-16-12(14)20-13)11-15-9-5-3-4-6-10(9)19-11/h3-8H,1-2H3,(H2,14,16)/t7-,8-/m0/s1. The lowest BCUT2D eigenvalue weighted by atomic mass is 10.1. The molecule has 7 heteroatoms. The van der Waals surface area contributed by atoms with E-state index in [2.05, 4.69) is 42.2 Å². The molecule has 0 aliphatic heterocycles. The van der Waals surface area contributed by atoms with Crippen LogP contribution in [0, 0.1) is 0 Å². The summed E-state index contributed by atoms with van der Waals surface area (Å²) in [4.78, 5) is 4.73. The van der Waals surface area contributed by atoms with Gasteiger partial charge in [-0.15, -0.1) is 21.5 Å². The van der Waals surface area contributed by atoms with E-state index in [0.29, 0.717) is 16.3 Å². The normalized spacial score (nSPS) is 14.5. The number of thioether (sulfide) groups is 1. The monoisotopic (exact) mass is 322 g/mol. The summed E-state index contributed by atoms with van der Waals surface area (Å²) in [6.07, 6.45) is 0. The highest BCUT2D eigenvalue weighted by Crippen LogP contribution is 2.37. The molecule has 0 amide bonds. The Morgan fingerprint density at radius 2 is 1.95 bits per heavy atom. The van der Waals surface area contributed by atoms with Crippen LogP contribution in [0.2, 0.25) is 0 Å². The predicted octanol–water partition coefficient (Wildman–Crippen LogP) is 4.01. The first kappa shape index (κ1) is 13.8. The Balaban J connectivity index is 1.78. The van der Waals surface area contributed by atoms with Gasteiger partial charge in [-0.2, -0.15) is 0 Å². The average molecular weight is 322 g/mol. The molecule has 0 aliphatic carbocycles. The maximum absolute atomic E-state index is 5.61. The minimum absolute atomic E-state index is 0.363. The number of aromatic nitrogens is 3. The van der Waals surface area contributed by atoms with E-state index < -0.39 is 0 Å². The fourth-order valence-corrected chi connectivity index (χ4v) is 5.01. The second-order valence-electron chi connectivity index (χ2n) is 4.54. The number of rotatable bonds is 4. The number of nitrogen functional groups attached to an aromatic ring is 1. The van der Waals surface area contributed by atoms with Gasteiger partial charge < -0.3 is 5.73 Å². The van der Waals surface area contributed by atoms with Crippen molar-refractivity contribution in [3.8, 4) is 0 Å². The molecule has 0 unspecified atom stereocenters. The van der Waals surface area contributed by atoms with Gasteiger partial charge in [0, 0.05) is 11.2 Å². The molecule has 0 bridgehead atoms. The summed E-state index contributed by atoms with van der Waals surface area (Å²) in [6.45, 7) is 4.40. The van der Waals surface area contributed by atoms with Gasteiger partial charge >= 0.3 is 0 Å². The van der Waals surface area contributed by atoms with Crippen molar-refractivity contribution in [3.63, 3.8) is 0 Å². The zero-order valence-electron chi connectivity index (χ0n) is 11.1. The van der Waals surface area contributed by atoms with Crippen molar-refractivity contribution in [3.05, 3.63) is 29.3 Å². The summed E-state index contributed by atoms with van der Waals surface area (Å²) in [7, 11) is 0. The summed E-state index contributed by atoms with van der Waals surface area (Å²) in [5, 5.41) is 9.98. The Bertz CT molecular complexity index is 688. The van der Waals surface area contributed by atoms with E-state index in [1.54, 1.807) is 23.1 Å². The summed E-state index contributed by atoms with van der Waals surface area (Å²) < 4.78 is 2.16. The summed E-state index contributed by atoms with van der Waals surface area (Å²) in [6, 6.07) is 8.26. The van der Waals surface area contributed by atoms with E-state index in [9.17, 15) is 0 Å². The lowest BCUT2D eigenvalue weighted by molar-refractivity contribution is 0.744. The highest BCUT2D eigenvalue weighted by atomic mass is 32.2. The first-order chi connectivity index (χ1) is 9.63. The topological polar surface area (TPSA) is 64.7 Å². The molecule has 2 heterocycles. The summed E-state index contributed by atoms with van der Waals surface area (Å²) >= 11 is 4.91. The third-order valence-electron chi connectivity index (χ3n) is 3.11. The molecule has 0 aliphatic rings.